The number of amides is 1. The largest absolute Gasteiger partial charge is 0.467 e. The number of alkyl carbamates (subject to hydrolysis) is 1. The predicted octanol–water partition coefficient (Wildman–Crippen LogP) is 2.01. The second-order valence-corrected chi connectivity index (χ2v) is 6.51. The summed E-state index contributed by atoms with van der Waals surface area (Å²) in [7, 11) is 1.30. The highest BCUT2D eigenvalue weighted by molar-refractivity contribution is 5.81. The first kappa shape index (κ1) is 16.8. The standard InChI is InChI=1S/C14H25NO5/c1-13(2,3)20-12(17)15-9(11(16)18-6)7-8-10-14(4,5)19-10/h9-10H,7-8H2,1-6H3,(H,15,17)/t9-,10+/m0/s1. The number of esters is 1. The van der Waals surface area contributed by atoms with E-state index in [9.17, 15) is 9.59 Å². The molecule has 1 amide bonds. The van der Waals surface area contributed by atoms with Gasteiger partial charge in [0.1, 0.15) is 11.6 Å². The third-order valence-corrected chi connectivity index (χ3v) is 3.06. The Labute approximate surface area is 120 Å². The molecule has 6 nitrogen and oxygen atoms in total. The molecule has 1 saturated heterocycles. The van der Waals surface area contributed by atoms with Crippen molar-refractivity contribution in [1.82, 2.24) is 5.32 Å². The van der Waals surface area contributed by atoms with E-state index in [0.29, 0.717) is 12.8 Å². The minimum Gasteiger partial charge on any atom is -0.467 e. The zero-order chi connectivity index (χ0) is 15.6. The average Bonchev–Trinajstić information content (AvgIpc) is 2.88. The lowest BCUT2D eigenvalue weighted by Crippen LogP contribution is -2.44. The highest BCUT2D eigenvalue weighted by atomic mass is 16.6. The van der Waals surface area contributed by atoms with E-state index < -0.39 is 23.7 Å². The average molecular weight is 287 g/mol. The maximum Gasteiger partial charge on any atom is 0.408 e. The third-order valence-electron chi connectivity index (χ3n) is 3.06. The van der Waals surface area contributed by atoms with Crippen LogP contribution in [0.15, 0.2) is 0 Å². The van der Waals surface area contributed by atoms with Crippen molar-refractivity contribution in [3.05, 3.63) is 0 Å². The summed E-state index contributed by atoms with van der Waals surface area (Å²) in [6.07, 6.45) is 0.640. The van der Waals surface area contributed by atoms with Crippen LogP contribution in [0.3, 0.4) is 0 Å². The van der Waals surface area contributed by atoms with Gasteiger partial charge in [-0.25, -0.2) is 9.59 Å². The molecule has 0 saturated carbocycles. The number of nitrogens with one attached hydrogen (secondary N) is 1. The van der Waals surface area contributed by atoms with Crippen LogP contribution in [0.4, 0.5) is 4.79 Å². The SMILES string of the molecule is COC(=O)[C@H](CC[C@H]1OC1(C)C)NC(=O)OC(C)(C)C. The first-order chi connectivity index (χ1) is 9.05. The van der Waals surface area contributed by atoms with Crippen LogP contribution in [0.2, 0.25) is 0 Å². The number of carbonyl (C=O) groups excluding carboxylic acids is 2. The first-order valence-corrected chi connectivity index (χ1v) is 6.80. The van der Waals surface area contributed by atoms with Gasteiger partial charge in [0.05, 0.1) is 18.8 Å². The lowest BCUT2D eigenvalue weighted by Gasteiger charge is -2.22. The summed E-state index contributed by atoms with van der Waals surface area (Å²) in [5, 5.41) is 2.54. The molecule has 0 aromatic carbocycles. The number of carbonyl (C=O) groups is 2. The molecule has 1 fully saturated rings. The van der Waals surface area contributed by atoms with E-state index in [1.54, 1.807) is 20.8 Å². The maximum absolute atomic E-state index is 11.7. The summed E-state index contributed by atoms with van der Waals surface area (Å²) in [6, 6.07) is -0.713. The van der Waals surface area contributed by atoms with Crippen LogP contribution in [0.25, 0.3) is 0 Å². The summed E-state index contributed by atoms with van der Waals surface area (Å²) in [4.78, 5) is 23.4. The van der Waals surface area contributed by atoms with Crippen LogP contribution in [-0.2, 0) is 19.0 Å². The van der Waals surface area contributed by atoms with Gasteiger partial charge >= 0.3 is 12.1 Å². The molecule has 0 unspecified atom stereocenters. The molecule has 0 aromatic heterocycles. The van der Waals surface area contributed by atoms with Crippen molar-refractivity contribution in [2.24, 2.45) is 0 Å². The maximum atomic E-state index is 11.7. The Morgan fingerprint density at radius 2 is 1.90 bits per heavy atom. The van der Waals surface area contributed by atoms with E-state index in [2.05, 4.69) is 5.32 Å². The predicted molar refractivity (Wildman–Crippen MR) is 73.4 cm³/mol. The second-order valence-electron chi connectivity index (χ2n) is 6.51. The van der Waals surface area contributed by atoms with Gasteiger partial charge in [-0.05, 0) is 47.5 Å². The number of epoxide rings is 1. The van der Waals surface area contributed by atoms with Gasteiger partial charge in [0.15, 0.2) is 0 Å². The molecule has 116 valence electrons. The van der Waals surface area contributed by atoms with Crippen molar-refractivity contribution >= 4 is 12.1 Å². The fourth-order valence-corrected chi connectivity index (χ4v) is 1.90. The molecule has 0 spiro atoms. The van der Waals surface area contributed by atoms with Gasteiger partial charge in [0, 0.05) is 0 Å². The minimum atomic E-state index is -0.713. The molecular weight excluding hydrogens is 262 g/mol. The van der Waals surface area contributed by atoms with Gasteiger partial charge in [-0.1, -0.05) is 0 Å². The molecule has 1 aliphatic rings. The molecule has 1 heterocycles. The lowest BCUT2D eigenvalue weighted by atomic mass is 10.0. The van der Waals surface area contributed by atoms with Crippen molar-refractivity contribution in [2.45, 2.75) is 70.8 Å². The second kappa shape index (κ2) is 5.99. The molecular formula is C14H25NO5. The van der Waals surface area contributed by atoms with E-state index in [0.717, 1.165) is 0 Å². The van der Waals surface area contributed by atoms with E-state index in [1.165, 1.54) is 7.11 Å². The molecule has 0 aromatic rings. The summed E-state index contributed by atoms with van der Waals surface area (Å²) in [6.45, 7) is 9.28. The Bertz CT molecular complexity index is 372. The van der Waals surface area contributed by atoms with Gasteiger partial charge in [-0.2, -0.15) is 0 Å². The van der Waals surface area contributed by atoms with Crippen LogP contribution in [0, 0.1) is 0 Å². The van der Waals surface area contributed by atoms with Crippen LogP contribution in [-0.4, -0.2) is 42.5 Å². The summed E-state index contributed by atoms with van der Waals surface area (Å²) < 4.78 is 15.3. The van der Waals surface area contributed by atoms with Gasteiger partial charge in [-0.15, -0.1) is 0 Å². The molecule has 1 N–H and O–H groups in total. The number of hydrogen-bond donors (Lipinski definition) is 1. The van der Waals surface area contributed by atoms with Crippen molar-refractivity contribution in [2.75, 3.05) is 7.11 Å². The Balaban J connectivity index is 2.48. The zero-order valence-electron chi connectivity index (χ0n) is 13.1. The molecule has 1 rings (SSSR count). The van der Waals surface area contributed by atoms with E-state index in [-0.39, 0.29) is 11.7 Å². The third kappa shape index (κ3) is 5.36. The molecule has 0 radical (unpaired) electrons. The van der Waals surface area contributed by atoms with E-state index in [1.807, 2.05) is 13.8 Å². The highest BCUT2D eigenvalue weighted by Crippen LogP contribution is 2.38. The molecule has 0 bridgehead atoms. The summed E-state index contributed by atoms with van der Waals surface area (Å²) in [5.74, 6) is -0.477. The van der Waals surface area contributed by atoms with Crippen molar-refractivity contribution in [3.63, 3.8) is 0 Å². The number of rotatable bonds is 5. The molecule has 1 aliphatic heterocycles. The molecule has 20 heavy (non-hydrogen) atoms. The van der Waals surface area contributed by atoms with Crippen LogP contribution in [0.1, 0.15) is 47.5 Å². The first-order valence-electron chi connectivity index (χ1n) is 6.80. The topological polar surface area (TPSA) is 77.2 Å². The van der Waals surface area contributed by atoms with Crippen molar-refractivity contribution in [3.8, 4) is 0 Å². The smallest absolute Gasteiger partial charge is 0.408 e. The summed E-state index contributed by atoms with van der Waals surface area (Å²) >= 11 is 0. The Kier molecular flexibility index (Phi) is 5.02. The Hall–Kier alpha value is -1.30. The Morgan fingerprint density at radius 1 is 1.35 bits per heavy atom. The molecule has 6 heteroatoms. The number of methoxy groups -OCH3 is 1. The van der Waals surface area contributed by atoms with Crippen LogP contribution < -0.4 is 5.32 Å². The number of hydrogen-bond acceptors (Lipinski definition) is 5. The number of ether oxygens (including phenoxy) is 3. The fraction of sp³-hybridized carbons (Fsp3) is 0.857. The Morgan fingerprint density at radius 3 is 2.30 bits per heavy atom. The zero-order valence-corrected chi connectivity index (χ0v) is 13.1. The van der Waals surface area contributed by atoms with Crippen molar-refractivity contribution < 1.29 is 23.8 Å². The van der Waals surface area contributed by atoms with Gasteiger partial charge < -0.3 is 19.5 Å². The van der Waals surface area contributed by atoms with Crippen LogP contribution >= 0.6 is 0 Å². The molecule has 2 atom stereocenters. The highest BCUT2D eigenvalue weighted by Gasteiger charge is 2.47. The van der Waals surface area contributed by atoms with Gasteiger partial charge in [-0.3, -0.25) is 0 Å². The van der Waals surface area contributed by atoms with E-state index >= 15 is 0 Å². The van der Waals surface area contributed by atoms with Crippen molar-refractivity contribution in [1.29, 1.82) is 0 Å². The van der Waals surface area contributed by atoms with Gasteiger partial charge in [0.2, 0.25) is 0 Å². The monoisotopic (exact) mass is 287 g/mol. The quantitative estimate of drug-likeness (QED) is 0.618. The van der Waals surface area contributed by atoms with Gasteiger partial charge in [0.25, 0.3) is 0 Å². The normalized spacial score (nSPS) is 21.8. The lowest BCUT2D eigenvalue weighted by molar-refractivity contribution is -0.143. The minimum absolute atomic E-state index is 0.120. The molecule has 0 aliphatic carbocycles. The fourth-order valence-electron chi connectivity index (χ4n) is 1.90. The summed E-state index contributed by atoms with van der Waals surface area (Å²) in [5.41, 5.74) is -0.737. The van der Waals surface area contributed by atoms with Crippen LogP contribution in [0.5, 0.6) is 0 Å². The van der Waals surface area contributed by atoms with E-state index in [4.69, 9.17) is 14.2 Å².